The number of amides is 1. The molecule has 7 nitrogen and oxygen atoms in total. The van der Waals surface area contributed by atoms with Crippen molar-refractivity contribution in [2.45, 2.75) is 28.8 Å². The molecule has 26 heavy (non-hydrogen) atoms. The number of benzene rings is 1. The van der Waals surface area contributed by atoms with Crippen molar-refractivity contribution in [1.29, 1.82) is 0 Å². The molecule has 1 aliphatic heterocycles. The summed E-state index contributed by atoms with van der Waals surface area (Å²) in [4.78, 5) is 43.5. The second-order valence-corrected chi connectivity index (χ2v) is 7.89. The molecule has 9 heteroatoms. The molecule has 0 fully saturated rings. The van der Waals surface area contributed by atoms with E-state index in [2.05, 4.69) is 15.3 Å². The Morgan fingerprint density at radius 1 is 1.35 bits per heavy atom. The summed E-state index contributed by atoms with van der Waals surface area (Å²) in [6, 6.07) is 6.62. The highest BCUT2D eigenvalue weighted by Gasteiger charge is 2.22. The van der Waals surface area contributed by atoms with Crippen LogP contribution in [0, 0.1) is 0 Å². The number of hydrogen-bond acceptors (Lipinski definition) is 7. The minimum Gasteiger partial charge on any atom is -0.465 e. The lowest BCUT2D eigenvalue weighted by molar-refractivity contribution is -0.115. The zero-order valence-electron chi connectivity index (χ0n) is 14.2. The van der Waals surface area contributed by atoms with Gasteiger partial charge < -0.3 is 15.0 Å². The van der Waals surface area contributed by atoms with E-state index in [1.165, 1.54) is 18.9 Å². The zero-order valence-corrected chi connectivity index (χ0v) is 15.8. The van der Waals surface area contributed by atoms with Crippen molar-refractivity contribution in [3.63, 3.8) is 0 Å². The number of carbonyl (C=O) groups excluding carboxylic acids is 2. The number of anilines is 1. The molecule has 1 amide bonds. The van der Waals surface area contributed by atoms with Gasteiger partial charge in [-0.05, 0) is 19.1 Å². The minimum atomic E-state index is -0.525. The number of esters is 1. The first-order chi connectivity index (χ1) is 12.5. The molecule has 1 unspecified atom stereocenters. The summed E-state index contributed by atoms with van der Waals surface area (Å²) < 4.78 is 4.72. The Kier molecular flexibility index (Phi) is 5.67. The Labute approximate surface area is 158 Å². The molecule has 1 aromatic heterocycles. The van der Waals surface area contributed by atoms with Gasteiger partial charge in [0.15, 0.2) is 5.16 Å². The number of carbonyl (C=O) groups is 2. The smallest absolute Gasteiger partial charge is 0.339 e. The van der Waals surface area contributed by atoms with Gasteiger partial charge in [-0.2, -0.15) is 11.8 Å². The monoisotopic (exact) mass is 391 g/mol. The van der Waals surface area contributed by atoms with E-state index in [4.69, 9.17) is 4.74 Å². The van der Waals surface area contributed by atoms with Crippen molar-refractivity contribution in [2.24, 2.45) is 0 Å². The fourth-order valence-corrected chi connectivity index (χ4v) is 4.28. The number of para-hydroxylation sites is 1. The van der Waals surface area contributed by atoms with Crippen molar-refractivity contribution >= 4 is 41.1 Å². The van der Waals surface area contributed by atoms with E-state index in [-0.39, 0.29) is 17.0 Å². The molecular formula is C17H17N3O4S2. The molecule has 3 rings (SSSR count). The minimum absolute atomic E-state index is 0.147. The maximum absolute atomic E-state index is 12.5. The van der Waals surface area contributed by atoms with Crippen LogP contribution >= 0.6 is 23.5 Å². The van der Waals surface area contributed by atoms with E-state index in [1.807, 2.05) is 0 Å². The highest BCUT2D eigenvalue weighted by Crippen LogP contribution is 2.28. The Morgan fingerprint density at radius 3 is 2.88 bits per heavy atom. The molecule has 0 radical (unpaired) electrons. The lowest BCUT2D eigenvalue weighted by Crippen LogP contribution is -2.25. The fraction of sp³-hybridized carbons (Fsp3) is 0.294. The summed E-state index contributed by atoms with van der Waals surface area (Å²) in [5.41, 5.74) is 2.00. The summed E-state index contributed by atoms with van der Waals surface area (Å²) in [7, 11) is 1.29. The lowest BCUT2D eigenvalue weighted by atomic mass is 10.2. The number of thioether (sulfide) groups is 2. The highest BCUT2D eigenvalue weighted by atomic mass is 32.2. The van der Waals surface area contributed by atoms with Gasteiger partial charge in [0.25, 0.3) is 5.56 Å². The number of aromatic amines is 1. The summed E-state index contributed by atoms with van der Waals surface area (Å²) in [5, 5.41) is 2.63. The first kappa shape index (κ1) is 18.5. The number of nitrogens with one attached hydrogen (secondary N) is 2. The third-order valence-corrected chi connectivity index (χ3v) is 5.77. The van der Waals surface area contributed by atoms with Gasteiger partial charge in [-0.3, -0.25) is 9.59 Å². The molecule has 2 aromatic rings. The van der Waals surface area contributed by atoms with Gasteiger partial charge in [0, 0.05) is 17.1 Å². The Hall–Kier alpha value is -2.26. The van der Waals surface area contributed by atoms with Crippen LogP contribution in [0.2, 0.25) is 0 Å². The van der Waals surface area contributed by atoms with Crippen LogP contribution in [0.4, 0.5) is 5.69 Å². The number of rotatable bonds is 5. The molecule has 136 valence electrons. The van der Waals surface area contributed by atoms with E-state index < -0.39 is 11.2 Å². The van der Waals surface area contributed by atoms with Crippen molar-refractivity contribution in [3.8, 4) is 0 Å². The molecule has 0 spiro atoms. The summed E-state index contributed by atoms with van der Waals surface area (Å²) in [6.07, 6.45) is 0. The number of methoxy groups -OCH3 is 1. The van der Waals surface area contributed by atoms with Crippen LogP contribution < -0.4 is 10.9 Å². The quantitative estimate of drug-likeness (QED) is 0.458. The molecule has 2 heterocycles. The van der Waals surface area contributed by atoms with Gasteiger partial charge in [0.05, 0.1) is 29.3 Å². The normalized spacial score (nSPS) is 13.8. The maximum atomic E-state index is 12.5. The first-order valence-corrected chi connectivity index (χ1v) is 9.87. The number of aromatic nitrogens is 2. The van der Waals surface area contributed by atoms with Crippen LogP contribution in [0.3, 0.4) is 0 Å². The Balaban J connectivity index is 1.73. The van der Waals surface area contributed by atoms with E-state index in [0.29, 0.717) is 27.9 Å². The van der Waals surface area contributed by atoms with Crippen molar-refractivity contribution in [1.82, 2.24) is 9.97 Å². The first-order valence-electron chi connectivity index (χ1n) is 7.84. The number of hydrogen-bond donors (Lipinski definition) is 2. The van der Waals surface area contributed by atoms with Gasteiger partial charge in [-0.1, -0.05) is 23.9 Å². The van der Waals surface area contributed by atoms with Crippen molar-refractivity contribution in [3.05, 3.63) is 51.4 Å². The molecule has 0 saturated heterocycles. The van der Waals surface area contributed by atoms with Gasteiger partial charge in [-0.15, -0.1) is 0 Å². The van der Waals surface area contributed by atoms with Crippen LogP contribution in [-0.2, 0) is 21.0 Å². The third kappa shape index (κ3) is 3.94. The molecule has 0 aliphatic carbocycles. The van der Waals surface area contributed by atoms with Crippen LogP contribution in [0.15, 0.2) is 34.2 Å². The molecule has 0 saturated carbocycles. The largest absolute Gasteiger partial charge is 0.465 e. The maximum Gasteiger partial charge on any atom is 0.339 e. The molecule has 1 atom stereocenters. The summed E-state index contributed by atoms with van der Waals surface area (Å²) >= 11 is 2.81. The second kappa shape index (κ2) is 7.96. The standard InChI is InChI=1S/C17H17N3O4S2/c1-9(26-17-19-13-8-25-7-11(13)15(22)20-17)14(21)18-12-6-4-3-5-10(12)16(23)24-2/h3-6,9H,7-8H2,1-2H3,(H,18,21)(H,19,20,22). The van der Waals surface area contributed by atoms with Gasteiger partial charge >= 0.3 is 5.97 Å². The third-order valence-electron chi connectivity index (χ3n) is 3.81. The Bertz CT molecular complexity index is 913. The molecule has 1 aliphatic rings. The number of fused-ring (bicyclic) bond motifs is 1. The molecule has 2 N–H and O–H groups in total. The predicted octanol–water partition coefficient (Wildman–Crippen LogP) is 2.42. The van der Waals surface area contributed by atoms with Crippen molar-refractivity contribution in [2.75, 3.05) is 12.4 Å². The average molecular weight is 391 g/mol. The summed E-state index contributed by atoms with van der Waals surface area (Å²) in [6.45, 7) is 1.71. The SMILES string of the molecule is COC(=O)c1ccccc1NC(=O)C(C)Sc1nc2c(c(=O)[nH]1)CSC2. The van der Waals surface area contributed by atoms with Crippen LogP contribution in [0.5, 0.6) is 0 Å². The topological polar surface area (TPSA) is 101 Å². The number of H-pyrrole nitrogens is 1. The number of ether oxygens (including phenoxy) is 1. The van der Waals surface area contributed by atoms with Crippen molar-refractivity contribution < 1.29 is 14.3 Å². The van der Waals surface area contributed by atoms with E-state index in [1.54, 1.807) is 43.0 Å². The van der Waals surface area contributed by atoms with Gasteiger partial charge in [0.1, 0.15) is 0 Å². The summed E-state index contributed by atoms with van der Waals surface area (Å²) in [5.74, 6) is 0.551. The molecular weight excluding hydrogens is 374 g/mol. The molecule has 1 aromatic carbocycles. The van der Waals surface area contributed by atoms with Crippen LogP contribution in [0.25, 0.3) is 0 Å². The van der Waals surface area contributed by atoms with E-state index in [9.17, 15) is 14.4 Å². The fourth-order valence-electron chi connectivity index (χ4n) is 2.43. The van der Waals surface area contributed by atoms with Gasteiger partial charge in [0.2, 0.25) is 5.91 Å². The zero-order chi connectivity index (χ0) is 18.7. The molecule has 0 bridgehead atoms. The van der Waals surface area contributed by atoms with E-state index in [0.717, 1.165) is 5.69 Å². The predicted molar refractivity (Wildman–Crippen MR) is 102 cm³/mol. The second-order valence-electron chi connectivity index (χ2n) is 5.58. The number of nitrogens with zero attached hydrogens (tertiary/aromatic N) is 1. The van der Waals surface area contributed by atoms with E-state index >= 15 is 0 Å². The average Bonchev–Trinajstić information content (AvgIpc) is 3.10. The van der Waals surface area contributed by atoms with Crippen LogP contribution in [-0.4, -0.2) is 34.2 Å². The van der Waals surface area contributed by atoms with Crippen LogP contribution in [0.1, 0.15) is 28.5 Å². The van der Waals surface area contributed by atoms with Gasteiger partial charge in [-0.25, -0.2) is 9.78 Å². The Morgan fingerprint density at radius 2 is 2.12 bits per heavy atom. The lowest BCUT2D eigenvalue weighted by Gasteiger charge is -2.13. The highest BCUT2D eigenvalue weighted by molar-refractivity contribution is 8.00.